The van der Waals surface area contributed by atoms with Gasteiger partial charge in [-0.1, -0.05) is 22.0 Å². The molecule has 1 saturated heterocycles. The molecule has 31 heavy (non-hydrogen) atoms. The fourth-order valence-electron chi connectivity index (χ4n) is 6.64. The van der Waals surface area contributed by atoms with Crippen LogP contribution in [-0.2, 0) is 20.9 Å². The third-order valence-electron chi connectivity index (χ3n) is 8.31. The number of hydrogen-bond donors (Lipinski definition) is 2. The fraction of sp³-hybridized carbons (Fsp3) is 0.667. The van der Waals surface area contributed by atoms with Crippen molar-refractivity contribution in [1.29, 1.82) is 0 Å². The van der Waals surface area contributed by atoms with Gasteiger partial charge in [-0.05, 0) is 86.9 Å². The molecule has 2 N–H and O–H groups in total. The predicted octanol–water partition coefficient (Wildman–Crippen LogP) is 3.80. The monoisotopic (exact) mass is 492 g/mol. The molecule has 7 heteroatoms. The molecule has 4 atom stereocenters. The van der Waals surface area contributed by atoms with Gasteiger partial charge in [-0.15, -0.1) is 0 Å². The number of hydrogen-bond acceptors (Lipinski definition) is 4. The van der Waals surface area contributed by atoms with E-state index in [0.29, 0.717) is 22.6 Å². The number of carbonyl (C=O) groups excluding carboxylic acids is 2. The third-order valence-corrected chi connectivity index (χ3v) is 8.80. The van der Waals surface area contributed by atoms with Crippen LogP contribution in [0.5, 0.6) is 0 Å². The molecule has 1 aromatic rings. The molecule has 3 aliphatic carbocycles. The quantitative estimate of drug-likeness (QED) is 0.592. The maximum Gasteiger partial charge on any atom is 0.310 e. The Hall–Kier alpha value is -1.47. The van der Waals surface area contributed by atoms with Gasteiger partial charge in [0.1, 0.15) is 5.82 Å². The molecule has 4 fully saturated rings. The number of halogens is 2. The van der Waals surface area contributed by atoms with Crippen LogP contribution >= 0.6 is 15.9 Å². The average molecular weight is 493 g/mol. The number of amides is 1. The van der Waals surface area contributed by atoms with Crippen molar-refractivity contribution in [3.8, 4) is 0 Å². The highest BCUT2D eigenvalue weighted by Gasteiger charge is 2.71. The summed E-state index contributed by atoms with van der Waals surface area (Å²) >= 11 is 3.26. The summed E-state index contributed by atoms with van der Waals surface area (Å²) in [7, 11) is 0. The van der Waals surface area contributed by atoms with E-state index in [0.717, 1.165) is 51.6 Å². The maximum absolute atomic E-state index is 14.2. The minimum atomic E-state index is -0.349. The molecule has 1 aromatic carbocycles. The zero-order valence-corrected chi connectivity index (χ0v) is 19.3. The van der Waals surface area contributed by atoms with Gasteiger partial charge in [-0.25, -0.2) is 4.39 Å². The van der Waals surface area contributed by atoms with E-state index >= 15 is 0 Å². The molecule has 0 aromatic heterocycles. The Bertz CT molecular complexity index is 868. The van der Waals surface area contributed by atoms with Gasteiger partial charge in [0.2, 0.25) is 5.91 Å². The fourth-order valence-corrected chi connectivity index (χ4v) is 6.97. The van der Waals surface area contributed by atoms with Crippen LogP contribution in [0.4, 0.5) is 4.39 Å². The number of carbonyl (C=O) groups is 2. The number of nitrogens with one attached hydrogen (secondary N) is 2. The van der Waals surface area contributed by atoms with Crippen molar-refractivity contribution >= 4 is 27.8 Å². The summed E-state index contributed by atoms with van der Waals surface area (Å²) in [5, 5.41) is 6.26. The third kappa shape index (κ3) is 3.92. The average Bonchev–Trinajstić information content (AvgIpc) is 3.44. The van der Waals surface area contributed by atoms with E-state index in [1.165, 1.54) is 6.07 Å². The van der Waals surface area contributed by atoms with Crippen LogP contribution in [0.1, 0.15) is 44.1 Å². The lowest BCUT2D eigenvalue weighted by Gasteiger charge is -2.29. The standard InChI is InChI=1S/C24H30BrFN2O3/c25-16-2-1-15(19(26)11-16)12-28-22(29)20-17-3-4-18(24(17)7-8-24)21(20)23(30)31-13-14-5-9-27-10-6-14/h1-2,11,14,17-18,20-21,27H,3-10,12-13H2,(H,28,29)/t17-,18+,20+,21+/m0/s1. The number of benzene rings is 1. The highest BCUT2D eigenvalue weighted by Crippen LogP contribution is 2.74. The smallest absolute Gasteiger partial charge is 0.310 e. The first-order valence-corrected chi connectivity index (χ1v) is 12.4. The Labute approximate surface area is 191 Å². The molecule has 4 aliphatic rings. The van der Waals surface area contributed by atoms with Gasteiger partial charge in [0.25, 0.3) is 0 Å². The van der Waals surface area contributed by atoms with Crippen LogP contribution in [0, 0.1) is 40.8 Å². The van der Waals surface area contributed by atoms with Crippen molar-refractivity contribution < 1.29 is 18.7 Å². The summed E-state index contributed by atoms with van der Waals surface area (Å²) in [6, 6.07) is 4.84. The minimum absolute atomic E-state index is 0.121. The minimum Gasteiger partial charge on any atom is -0.465 e. The largest absolute Gasteiger partial charge is 0.465 e. The molecule has 1 heterocycles. The number of piperidine rings is 1. The summed E-state index contributed by atoms with van der Waals surface area (Å²) in [6.07, 6.45) is 6.31. The lowest BCUT2D eigenvalue weighted by atomic mass is 9.78. The molecule has 5 rings (SSSR count). The molecule has 1 aliphatic heterocycles. The molecule has 0 radical (unpaired) electrons. The lowest BCUT2D eigenvalue weighted by molar-refractivity contribution is -0.157. The van der Waals surface area contributed by atoms with Crippen LogP contribution in [0.15, 0.2) is 22.7 Å². The molecular formula is C24H30BrFN2O3. The first kappa shape index (κ1) is 21.4. The zero-order valence-electron chi connectivity index (χ0n) is 17.7. The molecule has 0 unspecified atom stereocenters. The Morgan fingerprint density at radius 3 is 2.52 bits per heavy atom. The number of esters is 1. The van der Waals surface area contributed by atoms with E-state index < -0.39 is 0 Å². The normalized spacial score (nSPS) is 31.0. The summed E-state index contributed by atoms with van der Waals surface area (Å²) < 4.78 is 20.7. The highest BCUT2D eigenvalue weighted by atomic mass is 79.9. The topological polar surface area (TPSA) is 67.4 Å². The summed E-state index contributed by atoms with van der Waals surface area (Å²) in [6.45, 7) is 2.53. The summed E-state index contributed by atoms with van der Waals surface area (Å²) in [5.41, 5.74) is 0.620. The second kappa shape index (κ2) is 8.47. The molecule has 168 valence electrons. The second-order valence-electron chi connectivity index (χ2n) is 9.85. The number of ether oxygens (including phenoxy) is 1. The maximum atomic E-state index is 14.2. The van der Waals surface area contributed by atoms with E-state index in [4.69, 9.17) is 4.74 Å². The zero-order chi connectivity index (χ0) is 21.6. The second-order valence-corrected chi connectivity index (χ2v) is 10.8. The Morgan fingerprint density at radius 1 is 1.13 bits per heavy atom. The van der Waals surface area contributed by atoms with Crippen LogP contribution in [0.25, 0.3) is 0 Å². The first-order valence-electron chi connectivity index (χ1n) is 11.6. The molecule has 2 bridgehead atoms. The van der Waals surface area contributed by atoms with Gasteiger partial charge in [0.05, 0.1) is 18.4 Å². The van der Waals surface area contributed by atoms with Gasteiger partial charge in [0.15, 0.2) is 0 Å². The van der Waals surface area contributed by atoms with E-state index in [2.05, 4.69) is 26.6 Å². The molecule has 1 spiro atoms. The van der Waals surface area contributed by atoms with Crippen molar-refractivity contribution in [3.05, 3.63) is 34.1 Å². The van der Waals surface area contributed by atoms with E-state index in [1.54, 1.807) is 12.1 Å². The Kier molecular flexibility index (Phi) is 5.84. The van der Waals surface area contributed by atoms with Gasteiger partial charge >= 0.3 is 5.97 Å². The lowest BCUT2D eigenvalue weighted by Crippen LogP contribution is -2.42. The predicted molar refractivity (Wildman–Crippen MR) is 117 cm³/mol. The SMILES string of the molecule is O=C(OCC1CCNCC1)[C@H]1[C@H](C(=O)NCc2ccc(Br)cc2F)[C@@H]2CC[C@H]1C21CC1. The van der Waals surface area contributed by atoms with Crippen molar-refractivity contribution in [2.75, 3.05) is 19.7 Å². The van der Waals surface area contributed by atoms with E-state index in [1.807, 2.05) is 0 Å². The van der Waals surface area contributed by atoms with Gasteiger partial charge in [-0.2, -0.15) is 0 Å². The summed E-state index contributed by atoms with van der Waals surface area (Å²) in [5.74, 6) is -0.429. The highest BCUT2D eigenvalue weighted by molar-refractivity contribution is 9.10. The number of rotatable bonds is 6. The first-order chi connectivity index (χ1) is 15.0. The van der Waals surface area contributed by atoms with E-state index in [9.17, 15) is 14.0 Å². The van der Waals surface area contributed by atoms with Crippen molar-refractivity contribution in [2.45, 2.75) is 45.1 Å². The van der Waals surface area contributed by atoms with Gasteiger partial charge in [-0.3, -0.25) is 9.59 Å². The molecule has 3 saturated carbocycles. The van der Waals surface area contributed by atoms with Gasteiger partial charge < -0.3 is 15.4 Å². The molecule has 5 nitrogen and oxygen atoms in total. The molecule has 1 amide bonds. The Balaban J connectivity index is 1.27. The van der Waals surface area contributed by atoms with Crippen molar-refractivity contribution in [1.82, 2.24) is 10.6 Å². The van der Waals surface area contributed by atoms with Crippen LogP contribution < -0.4 is 10.6 Å². The summed E-state index contributed by atoms with van der Waals surface area (Å²) in [4.78, 5) is 26.5. The van der Waals surface area contributed by atoms with Crippen LogP contribution in [0.3, 0.4) is 0 Å². The van der Waals surface area contributed by atoms with Crippen LogP contribution in [0.2, 0.25) is 0 Å². The molecular weight excluding hydrogens is 463 g/mol. The van der Waals surface area contributed by atoms with Crippen molar-refractivity contribution in [2.24, 2.45) is 35.0 Å². The van der Waals surface area contributed by atoms with Crippen LogP contribution in [-0.4, -0.2) is 31.6 Å². The van der Waals surface area contributed by atoms with Gasteiger partial charge in [0, 0.05) is 16.6 Å². The van der Waals surface area contributed by atoms with E-state index in [-0.39, 0.29) is 53.3 Å². The van der Waals surface area contributed by atoms with Crippen molar-refractivity contribution in [3.63, 3.8) is 0 Å². The Morgan fingerprint density at radius 2 is 1.84 bits per heavy atom.